The van der Waals surface area contributed by atoms with E-state index in [9.17, 15) is 39.6 Å². The summed E-state index contributed by atoms with van der Waals surface area (Å²) in [5.74, 6) is 15.5. The van der Waals surface area contributed by atoms with Crippen LogP contribution < -0.4 is 0 Å². The fourth-order valence-corrected chi connectivity index (χ4v) is 8.87. The Morgan fingerprint density at radius 3 is 0.875 bits per heavy atom. The van der Waals surface area contributed by atoms with Gasteiger partial charge in [-0.2, -0.15) is 26.3 Å². The van der Waals surface area contributed by atoms with Crippen LogP contribution in [0.5, 0.6) is 0 Å². The smallest absolute Gasteiger partial charge is 0.411 e. The van der Waals surface area contributed by atoms with Gasteiger partial charge in [0.2, 0.25) is 5.41 Å². The number of hydrogen-bond donors (Lipinski definition) is 4. The van der Waals surface area contributed by atoms with Crippen molar-refractivity contribution < 1.29 is 65.9 Å². The Kier molecular flexibility index (Phi) is 17.3. The van der Waals surface area contributed by atoms with Crippen LogP contribution in [0.1, 0.15) is 122 Å². The van der Waals surface area contributed by atoms with Crippen molar-refractivity contribution in [2.24, 2.45) is 0 Å². The second-order valence-electron chi connectivity index (χ2n) is 18.0. The molecule has 0 atom stereocenters. The molecule has 0 aliphatic rings. The first-order valence-electron chi connectivity index (χ1n) is 24.0. The molecule has 8 aromatic carbocycles. The molecule has 0 amide bonds. The van der Waals surface area contributed by atoms with E-state index in [2.05, 4.69) is 47.4 Å². The van der Waals surface area contributed by atoms with E-state index in [1.54, 1.807) is 48.5 Å². The molecule has 0 aromatic heterocycles. The highest BCUT2D eigenvalue weighted by molar-refractivity contribution is 5.96. The van der Waals surface area contributed by atoms with Gasteiger partial charge in [-0.1, -0.05) is 183 Å². The largest absolute Gasteiger partial charge is 0.478 e. The highest BCUT2D eigenvalue weighted by Crippen LogP contribution is 2.58. The minimum atomic E-state index is -6.19. The second-order valence-corrected chi connectivity index (χ2v) is 18.0. The van der Waals surface area contributed by atoms with E-state index in [0.29, 0.717) is 34.4 Å². The minimum absolute atomic E-state index is 0.0491. The molecule has 0 spiro atoms. The Hall–Kier alpha value is -10.5. The van der Waals surface area contributed by atoms with Crippen molar-refractivity contribution in [1.82, 2.24) is 0 Å². The zero-order chi connectivity index (χ0) is 57.8. The predicted octanol–water partition coefficient (Wildman–Crippen LogP) is 13.5. The van der Waals surface area contributed by atoms with Crippen LogP contribution in [0, 0.1) is 47.4 Å². The number of carboxylic acid groups (broad SMARTS) is 4. The molecule has 14 heteroatoms. The van der Waals surface area contributed by atoms with Gasteiger partial charge in [0, 0.05) is 49.9 Å². The van der Waals surface area contributed by atoms with Gasteiger partial charge in [0.1, 0.15) is 0 Å². The molecule has 0 radical (unpaired) electrons. The van der Waals surface area contributed by atoms with Gasteiger partial charge in [-0.05, 0) is 95.1 Å². The third-order valence-electron chi connectivity index (χ3n) is 12.6. The molecule has 0 fully saturated rings. The fourth-order valence-electron chi connectivity index (χ4n) is 8.87. The van der Waals surface area contributed by atoms with Gasteiger partial charge in [-0.15, -0.1) is 0 Å². The molecule has 0 heterocycles. The van der Waals surface area contributed by atoms with Crippen molar-refractivity contribution in [3.05, 3.63) is 283 Å². The molecule has 396 valence electrons. The summed E-state index contributed by atoms with van der Waals surface area (Å²) in [4.78, 5) is 49.1. The molecule has 8 rings (SSSR count). The molecule has 4 N–H and O–H groups in total. The molecule has 8 nitrogen and oxygen atoms in total. The summed E-state index contributed by atoms with van der Waals surface area (Å²) in [6, 6.07) is 48.1. The Morgan fingerprint density at radius 2 is 0.600 bits per heavy atom. The van der Waals surface area contributed by atoms with Crippen molar-refractivity contribution in [3.63, 3.8) is 0 Å². The Bertz CT molecular complexity index is 3660. The van der Waals surface area contributed by atoms with Crippen molar-refractivity contribution in [2.75, 3.05) is 0 Å². The van der Waals surface area contributed by atoms with Crippen LogP contribution in [0.4, 0.5) is 26.3 Å². The van der Waals surface area contributed by atoms with E-state index < -0.39 is 80.4 Å². The molecule has 8 aromatic rings. The summed E-state index contributed by atoms with van der Waals surface area (Å²) in [6.07, 6.45) is -12.4. The highest BCUT2D eigenvalue weighted by Gasteiger charge is 2.74. The summed E-state index contributed by atoms with van der Waals surface area (Å²) in [6.45, 7) is 3.64. The average molecular weight is 1080 g/mol. The number of aromatic carboxylic acids is 4. The maximum Gasteiger partial charge on any atom is 0.411 e. The number of halogens is 6. The van der Waals surface area contributed by atoms with Crippen LogP contribution in [0.15, 0.2) is 194 Å². The first kappa shape index (κ1) is 57.2. The number of benzene rings is 8. The van der Waals surface area contributed by atoms with Gasteiger partial charge in [0.05, 0.1) is 22.3 Å². The zero-order valence-electron chi connectivity index (χ0n) is 42.2. The maximum absolute atomic E-state index is 15.3. The predicted molar refractivity (Wildman–Crippen MR) is 288 cm³/mol. The van der Waals surface area contributed by atoms with Crippen molar-refractivity contribution >= 4 is 23.9 Å². The number of hydrogen-bond acceptors (Lipinski definition) is 4. The van der Waals surface area contributed by atoms with E-state index in [4.69, 9.17) is 0 Å². The van der Waals surface area contributed by atoms with Crippen LogP contribution >= 0.6 is 0 Å². The third-order valence-corrected chi connectivity index (χ3v) is 12.6. The second kappa shape index (κ2) is 24.2. The van der Waals surface area contributed by atoms with E-state index in [1.165, 1.54) is 48.5 Å². The van der Waals surface area contributed by atoms with E-state index in [-0.39, 0.29) is 22.3 Å². The lowest BCUT2D eigenvalue weighted by molar-refractivity contribution is -0.288. The quantitative estimate of drug-likeness (QED) is 0.0868. The zero-order valence-corrected chi connectivity index (χ0v) is 42.2. The highest BCUT2D eigenvalue weighted by atomic mass is 19.4. The van der Waals surface area contributed by atoms with Crippen LogP contribution in [-0.2, 0) is 10.8 Å². The molecule has 0 aliphatic carbocycles. The summed E-state index contributed by atoms with van der Waals surface area (Å²) in [5.41, 5.74) is -9.24. The monoisotopic (exact) mass is 1080 g/mol. The van der Waals surface area contributed by atoms with Crippen LogP contribution in [0.25, 0.3) is 0 Å². The molecule has 0 aliphatic heterocycles. The molecule has 80 heavy (non-hydrogen) atoms. The molecular formula is C66H42F6O8. The number of alkyl halides is 6. The molecule has 0 saturated heterocycles. The first-order chi connectivity index (χ1) is 38.1. The standard InChI is InChI=1S/C33H18F6O4.C33H24O4/c34-32(35,36)31(33(37,38)39,27-15-7-13-25(29(40)41)23(27)19-17-21-9-3-1-4-10-21)28-16-8-14-26(30(42)43)24(28)20-18-22-11-5-2-6-12-22;1-33(2,27-17-9-15-25(29(27)31(34)35)21-19-23-11-5-3-6-12-23)28-18-10-16-26(30(28)32(36)37)22-20-24-13-7-4-8-14-24/h1-16H,(H,40,41)(H,42,43);3-18H,1-2H3,(H,34,35)(H,36,37). The normalized spacial score (nSPS) is 11.0. The summed E-state index contributed by atoms with van der Waals surface area (Å²) in [5, 5.41) is 39.9. The number of carbonyl (C=O) groups is 4. The number of rotatable bonds is 8. The van der Waals surface area contributed by atoms with Gasteiger partial charge in [0.25, 0.3) is 0 Å². The third kappa shape index (κ3) is 12.3. The van der Waals surface area contributed by atoms with Crippen LogP contribution in [-0.4, -0.2) is 56.7 Å². The van der Waals surface area contributed by atoms with Gasteiger partial charge in [0.15, 0.2) is 0 Å². The van der Waals surface area contributed by atoms with Crippen molar-refractivity contribution in [3.8, 4) is 47.4 Å². The lowest BCUT2D eigenvalue weighted by atomic mass is 9.68. The molecule has 0 bridgehead atoms. The number of carboxylic acids is 4. The van der Waals surface area contributed by atoms with Gasteiger partial charge in [-0.25, -0.2) is 19.2 Å². The fraction of sp³-hybridized carbons (Fsp3) is 0.0909. The summed E-state index contributed by atoms with van der Waals surface area (Å²) < 4.78 is 91.7. The SMILES string of the molecule is CC(C)(c1cccc(C#Cc2ccccc2)c1C(=O)O)c1cccc(C#Cc2ccccc2)c1C(=O)O.O=C(O)c1cccc(C(c2cccc(C(=O)O)c2C#Cc2ccccc2)(C(F)(F)F)C(F)(F)F)c1C#Cc1ccccc1. The molecule has 0 saturated carbocycles. The van der Waals surface area contributed by atoms with E-state index >= 15 is 26.3 Å². The van der Waals surface area contributed by atoms with Crippen LogP contribution in [0.3, 0.4) is 0 Å². The van der Waals surface area contributed by atoms with Crippen LogP contribution in [0.2, 0.25) is 0 Å². The summed E-state index contributed by atoms with van der Waals surface area (Å²) in [7, 11) is 0. The lowest BCUT2D eigenvalue weighted by Crippen LogP contribution is -2.55. The van der Waals surface area contributed by atoms with Crippen molar-refractivity contribution in [2.45, 2.75) is 37.0 Å². The topological polar surface area (TPSA) is 149 Å². The van der Waals surface area contributed by atoms with E-state index in [1.807, 2.05) is 74.5 Å². The Labute approximate surface area is 455 Å². The van der Waals surface area contributed by atoms with E-state index in [0.717, 1.165) is 35.4 Å². The van der Waals surface area contributed by atoms with Gasteiger partial charge >= 0.3 is 36.2 Å². The molecule has 0 unspecified atom stereocenters. The minimum Gasteiger partial charge on any atom is -0.478 e. The summed E-state index contributed by atoms with van der Waals surface area (Å²) >= 11 is 0. The molecular weight excluding hydrogens is 1030 g/mol. The van der Waals surface area contributed by atoms with Gasteiger partial charge < -0.3 is 20.4 Å². The average Bonchev–Trinajstić information content (AvgIpc) is 3.44. The Balaban J connectivity index is 0.000000234. The van der Waals surface area contributed by atoms with Gasteiger partial charge in [-0.3, -0.25) is 0 Å². The maximum atomic E-state index is 15.3. The Morgan fingerprint density at radius 1 is 0.325 bits per heavy atom. The van der Waals surface area contributed by atoms with Crippen molar-refractivity contribution in [1.29, 1.82) is 0 Å². The first-order valence-corrected chi connectivity index (χ1v) is 24.0. The lowest BCUT2D eigenvalue weighted by Gasteiger charge is -2.39.